The van der Waals surface area contributed by atoms with Crippen LogP contribution in [0.25, 0.3) is 0 Å². The van der Waals surface area contributed by atoms with Crippen molar-refractivity contribution in [3.05, 3.63) is 60.2 Å². The molecule has 2 heterocycles. The van der Waals surface area contributed by atoms with Crippen molar-refractivity contribution in [1.82, 2.24) is 5.32 Å². The van der Waals surface area contributed by atoms with E-state index in [2.05, 4.69) is 41.5 Å². The number of fused-ring (bicyclic) bond motifs is 1. The zero-order valence-corrected chi connectivity index (χ0v) is 14.7. The molecule has 0 saturated carbocycles. The third kappa shape index (κ3) is 3.67. The zero-order valence-electron chi connectivity index (χ0n) is 14.7. The topological polar surface area (TPSA) is 61.6 Å². The number of rotatable bonds is 2. The molecule has 25 heavy (non-hydrogen) atoms. The molecule has 0 bridgehead atoms. The van der Waals surface area contributed by atoms with E-state index in [1.807, 2.05) is 18.2 Å². The van der Waals surface area contributed by atoms with E-state index in [1.54, 1.807) is 12.1 Å². The number of anilines is 2. The molecule has 1 fully saturated rings. The average Bonchev–Trinajstić information content (AvgIpc) is 2.95. The number of piperidine rings is 1. The van der Waals surface area contributed by atoms with Crippen LogP contribution in [0.3, 0.4) is 0 Å². The summed E-state index contributed by atoms with van der Waals surface area (Å²) in [6.07, 6.45) is 4.41. The van der Waals surface area contributed by atoms with Crippen LogP contribution < -0.4 is 21.1 Å². The van der Waals surface area contributed by atoms with Crippen LogP contribution >= 0.6 is 0 Å². The van der Waals surface area contributed by atoms with Crippen molar-refractivity contribution in [2.75, 3.05) is 30.0 Å². The number of carbonyl (C=O) groups excluding carboxylic acids is 1. The van der Waals surface area contributed by atoms with Gasteiger partial charge in [0.25, 0.3) is 0 Å². The summed E-state index contributed by atoms with van der Waals surface area (Å²) >= 11 is 0. The fourth-order valence-corrected chi connectivity index (χ4v) is 3.77. The quantitative estimate of drug-likeness (QED) is 0.382. The van der Waals surface area contributed by atoms with Crippen molar-refractivity contribution < 1.29 is 4.79 Å². The van der Waals surface area contributed by atoms with E-state index in [0.717, 1.165) is 11.6 Å². The first-order valence-corrected chi connectivity index (χ1v) is 8.73. The van der Waals surface area contributed by atoms with Gasteiger partial charge < -0.3 is 10.2 Å². The Kier molecular flexibility index (Phi) is 5.36. The standard InChI is InChI=1S/C13H18N2.C7H8N2O/c1-15-12-6-3-2-5-11(12)9-13(15)7-4-8-14-10-13;8-9(6-10)7-4-2-1-3-5-7/h2-3,5-6,14H,4,7-10H2,1H3;1-6H,8H2. The highest BCUT2D eigenvalue weighted by atomic mass is 16.1. The fraction of sp³-hybridized carbons (Fsp3) is 0.350. The molecule has 132 valence electrons. The lowest BCUT2D eigenvalue weighted by molar-refractivity contribution is -0.107. The van der Waals surface area contributed by atoms with E-state index in [0.29, 0.717) is 17.6 Å². The highest BCUT2D eigenvalue weighted by molar-refractivity contribution is 5.72. The molecule has 2 aliphatic heterocycles. The Morgan fingerprint density at radius 3 is 2.52 bits per heavy atom. The summed E-state index contributed by atoms with van der Waals surface area (Å²) in [5.41, 5.74) is 4.00. The van der Waals surface area contributed by atoms with E-state index in [1.165, 1.54) is 37.1 Å². The summed E-state index contributed by atoms with van der Waals surface area (Å²) in [6, 6.07) is 17.8. The molecule has 2 aromatic rings. The maximum Gasteiger partial charge on any atom is 0.228 e. The molecule has 2 aromatic carbocycles. The van der Waals surface area contributed by atoms with Crippen LogP contribution in [0.1, 0.15) is 18.4 Å². The summed E-state index contributed by atoms with van der Waals surface area (Å²) in [4.78, 5) is 12.6. The number of nitrogens with two attached hydrogens (primary N) is 1. The highest BCUT2D eigenvalue weighted by Crippen LogP contribution is 2.40. The maximum atomic E-state index is 10.1. The van der Waals surface area contributed by atoms with Crippen LogP contribution in [-0.4, -0.2) is 32.1 Å². The van der Waals surface area contributed by atoms with E-state index in [-0.39, 0.29) is 0 Å². The Morgan fingerprint density at radius 2 is 1.88 bits per heavy atom. The Morgan fingerprint density at radius 1 is 1.16 bits per heavy atom. The number of amides is 1. The molecule has 1 saturated heterocycles. The molecular formula is C20H26N4O. The van der Waals surface area contributed by atoms with Crippen LogP contribution in [0.15, 0.2) is 54.6 Å². The lowest BCUT2D eigenvalue weighted by Gasteiger charge is -2.41. The number of benzene rings is 2. The van der Waals surface area contributed by atoms with Crippen molar-refractivity contribution >= 4 is 17.8 Å². The number of likely N-dealkylation sites (N-methyl/N-ethyl adjacent to an activating group) is 1. The third-order valence-corrected chi connectivity index (χ3v) is 5.20. The second-order valence-corrected chi connectivity index (χ2v) is 6.72. The Bertz CT molecular complexity index is 698. The van der Waals surface area contributed by atoms with Gasteiger partial charge in [0.1, 0.15) is 0 Å². The molecule has 3 N–H and O–H groups in total. The average molecular weight is 338 g/mol. The lowest BCUT2D eigenvalue weighted by Crippen LogP contribution is -2.55. The van der Waals surface area contributed by atoms with Gasteiger partial charge in [-0.1, -0.05) is 36.4 Å². The third-order valence-electron chi connectivity index (χ3n) is 5.20. The first kappa shape index (κ1) is 17.5. The molecule has 0 aliphatic carbocycles. The van der Waals surface area contributed by atoms with Crippen LogP contribution in [0.4, 0.5) is 11.4 Å². The summed E-state index contributed by atoms with van der Waals surface area (Å²) in [5, 5.41) is 4.57. The number of hydrogen-bond acceptors (Lipinski definition) is 4. The number of hydrazine groups is 1. The second-order valence-electron chi connectivity index (χ2n) is 6.72. The molecule has 1 amide bonds. The molecule has 4 rings (SSSR count). The largest absolute Gasteiger partial charge is 0.367 e. The molecule has 1 atom stereocenters. The van der Waals surface area contributed by atoms with Crippen LogP contribution in [0.2, 0.25) is 0 Å². The predicted octanol–water partition coefficient (Wildman–Crippen LogP) is 2.32. The second kappa shape index (κ2) is 7.68. The molecular weight excluding hydrogens is 312 g/mol. The van der Waals surface area contributed by atoms with Gasteiger partial charge in [-0.2, -0.15) is 0 Å². The number of carbonyl (C=O) groups is 1. The van der Waals surface area contributed by atoms with Gasteiger partial charge in [-0.25, -0.2) is 5.84 Å². The van der Waals surface area contributed by atoms with Crippen LogP contribution in [0.5, 0.6) is 0 Å². The van der Waals surface area contributed by atoms with Crippen molar-refractivity contribution in [3.63, 3.8) is 0 Å². The van der Waals surface area contributed by atoms with Crippen molar-refractivity contribution in [2.24, 2.45) is 5.84 Å². The summed E-state index contributed by atoms with van der Waals surface area (Å²) in [6.45, 7) is 2.32. The van der Waals surface area contributed by atoms with E-state index in [9.17, 15) is 4.79 Å². The van der Waals surface area contributed by atoms with Crippen LogP contribution in [-0.2, 0) is 11.2 Å². The number of hydrogen-bond donors (Lipinski definition) is 2. The number of nitrogens with zero attached hydrogens (tertiary/aromatic N) is 2. The molecule has 0 aromatic heterocycles. The Labute approximate surface area is 149 Å². The first-order valence-electron chi connectivity index (χ1n) is 8.73. The molecule has 0 radical (unpaired) electrons. The highest BCUT2D eigenvalue weighted by Gasteiger charge is 2.41. The number of nitrogens with one attached hydrogen (secondary N) is 1. The van der Waals surface area contributed by atoms with Gasteiger partial charge in [0.05, 0.1) is 11.2 Å². The van der Waals surface area contributed by atoms with Gasteiger partial charge in [0, 0.05) is 19.3 Å². The minimum atomic E-state index is 0.363. The van der Waals surface area contributed by atoms with Crippen LogP contribution in [0, 0.1) is 0 Å². The minimum Gasteiger partial charge on any atom is -0.367 e. The summed E-state index contributed by atoms with van der Waals surface area (Å²) in [7, 11) is 2.25. The fourth-order valence-electron chi connectivity index (χ4n) is 3.77. The molecule has 2 aliphatic rings. The van der Waals surface area contributed by atoms with E-state index >= 15 is 0 Å². The normalized spacial score (nSPS) is 21.3. The monoisotopic (exact) mass is 338 g/mol. The molecule has 5 heteroatoms. The SMILES string of the molecule is CN1c2ccccc2CC12CCCNC2.NN(C=O)c1ccccc1. The van der Waals surface area contributed by atoms with Gasteiger partial charge in [-0.15, -0.1) is 0 Å². The summed E-state index contributed by atoms with van der Waals surface area (Å²) in [5.74, 6) is 5.26. The van der Waals surface area contributed by atoms with E-state index in [4.69, 9.17) is 5.84 Å². The van der Waals surface area contributed by atoms with Gasteiger partial charge >= 0.3 is 0 Å². The van der Waals surface area contributed by atoms with Crippen molar-refractivity contribution in [1.29, 1.82) is 0 Å². The summed E-state index contributed by atoms with van der Waals surface area (Å²) < 4.78 is 0. The molecule has 5 nitrogen and oxygen atoms in total. The Hall–Kier alpha value is -2.37. The van der Waals surface area contributed by atoms with Gasteiger partial charge in [-0.05, 0) is 49.6 Å². The van der Waals surface area contributed by atoms with Crippen molar-refractivity contribution in [2.45, 2.75) is 24.8 Å². The minimum absolute atomic E-state index is 0.363. The zero-order chi connectivity index (χ0) is 17.7. The lowest BCUT2D eigenvalue weighted by atomic mass is 9.86. The van der Waals surface area contributed by atoms with Gasteiger partial charge in [0.15, 0.2) is 0 Å². The van der Waals surface area contributed by atoms with Crippen molar-refractivity contribution in [3.8, 4) is 0 Å². The molecule has 1 spiro atoms. The Balaban J connectivity index is 0.000000160. The van der Waals surface area contributed by atoms with E-state index < -0.39 is 0 Å². The smallest absolute Gasteiger partial charge is 0.228 e. The number of para-hydroxylation sites is 2. The predicted molar refractivity (Wildman–Crippen MR) is 103 cm³/mol. The molecule has 1 unspecified atom stereocenters. The maximum absolute atomic E-state index is 10.1. The van der Waals surface area contributed by atoms with Gasteiger partial charge in [-0.3, -0.25) is 9.80 Å². The first-order chi connectivity index (χ1) is 12.2. The van der Waals surface area contributed by atoms with Gasteiger partial charge in [0.2, 0.25) is 6.41 Å².